The van der Waals surface area contributed by atoms with Gasteiger partial charge in [-0.1, -0.05) is 65.1 Å². The van der Waals surface area contributed by atoms with Gasteiger partial charge in [0.25, 0.3) is 0 Å². The first-order valence-corrected chi connectivity index (χ1v) is 12.9. The number of carboxylic acid groups (broad SMARTS) is 1. The molecule has 8 heteroatoms. The van der Waals surface area contributed by atoms with E-state index in [1.165, 1.54) is 19.3 Å². The van der Waals surface area contributed by atoms with E-state index in [0.717, 1.165) is 25.1 Å². The lowest BCUT2D eigenvalue weighted by molar-refractivity contribution is -0.138. The molecule has 1 aliphatic carbocycles. The molecule has 1 aromatic carbocycles. The first-order chi connectivity index (χ1) is 16.8. The Morgan fingerprint density at radius 3 is 2.37 bits per heavy atom. The number of urea groups is 1. The van der Waals surface area contributed by atoms with Crippen LogP contribution in [0.2, 0.25) is 0 Å². The Balaban J connectivity index is 0.00000210. The first-order valence-electron chi connectivity index (χ1n) is 12.9. The average molecular weight is 487 g/mol. The van der Waals surface area contributed by atoms with Crippen LogP contribution in [0.1, 0.15) is 90.3 Å². The van der Waals surface area contributed by atoms with E-state index in [2.05, 4.69) is 34.5 Å². The molecule has 1 aliphatic rings. The number of rotatable bonds is 9. The molecule has 35 heavy (non-hydrogen) atoms. The van der Waals surface area contributed by atoms with Crippen LogP contribution in [0.15, 0.2) is 28.8 Å². The summed E-state index contributed by atoms with van der Waals surface area (Å²) < 4.78 is 5.10. The number of carbonyl (C=O) groups excluding carboxylic acids is 1. The highest BCUT2D eigenvalue weighted by molar-refractivity contribution is 6.01. The molecule has 194 valence electrons. The van der Waals surface area contributed by atoms with Crippen LogP contribution in [-0.4, -0.2) is 34.9 Å². The number of aromatic nitrogens is 1. The lowest BCUT2D eigenvalue weighted by atomic mass is 9.92. The maximum Gasteiger partial charge on any atom is 0.326 e. The summed E-state index contributed by atoms with van der Waals surface area (Å²) in [6.45, 7) is 12.9. The highest BCUT2D eigenvalue weighted by Crippen LogP contribution is 2.36. The molecule has 0 radical (unpaired) electrons. The van der Waals surface area contributed by atoms with Gasteiger partial charge in [-0.15, -0.1) is 0 Å². The van der Waals surface area contributed by atoms with E-state index in [4.69, 9.17) is 4.52 Å². The zero-order valence-corrected chi connectivity index (χ0v) is 22.1. The molecule has 2 aromatic rings. The van der Waals surface area contributed by atoms with Crippen LogP contribution in [0.25, 0.3) is 0 Å². The molecule has 0 bridgehead atoms. The van der Waals surface area contributed by atoms with Gasteiger partial charge in [0.05, 0.1) is 23.0 Å². The molecule has 1 atom stereocenters. The summed E-state index contributed by atoms with van der Waals surface area (Å²) in [7, 11) is 0. The normalized spacial score (nSPS) is 14.6. The Labute approximate surface area is 209 Å². The molecule has 1 saturated carbocycles. The van der Waals surface area contributed by atoms with E-state index in [1.54, 1.807) is 19.1 Å². The first kappa shape index (κ1) is 28.2. The van der Waals surface area contributed by atoms with E-state index in [0.29, 0.717) is 35.3 Å². The molecule has 1 unspecified atom stereocenters. The van der Waals surface area contributed by atoms with E-state index in [-0.39, 0.29) is 5.88 Å². The Morgan fingerprint density at radius 1 is 1.14 bits per heavy atom. The zero-order valence-electron chi connectivity index (χ0n) is 22.1. The van der Waals surface area contributed by atoms with Crippen molar-refractivity contribution in [1.29, 1.82) is 0 Å². The van der Waals surface area contributed by atoms with Gasteiger partial charge in [-0.3, -0.25) is 10.1 Å². The smallest absolute Gasteiger partial charge is 0.326 e. The fraction of sp³-hybridized carbons (Fsp3) is 0.593. The van der Waals surface area contributed by atoms with Crippen LogP contribution in [0.3, 0.4) is 0 Å². The van der Waals surface area contributed by atoms with Crippen molar-refractivity contribution in [3.05, 3.63) is 35.5 Å². The lowest BCUT2D eigenvalue weighted by Gasteiger charge is -2.38. The SMILES string of the molecule is CC.CCC(C(=O)O)c1ccc(N(CC(C)C)C2CCCCC2)c(NC(=O)Nc2cc(C)no2)c1. The fourth-order valence-electron chi connectivity index (χ4n) is 4.59. The van der Waals surface area contributed by atoms with Gasteiger partial charge in [-0.2, -0.15) is 0 Å². The van der Waals surface area contributed by atoms with Crippen molar-refractivity contribution in [1.82, 2.24) is 5.16 Å². The van der Waals surface area contributed by atoms with Crippen LogP contribution in [0, 0.1) is 12.8 Å². The van der Waals surface area contributed by atoms with Gasteiger partial charge in [0.1, 0.15) is 0 Å². The third-order valence-corrected chi connectivity index (χ3v) is 6.13. The summed E-state index contributed by atoms with van der Waals surface area (Å²) >= 11 is 0. The highest BCUT2D eigenvalue weighted by atomic mass is 16.5. The number of carboxylic acids is 1. The van der Waals surface area contributed by atoms with Crippen LogP contribution in [0.4, 0.5) is 22.1 Å². The van der Waals surface area contributed by atoms with Gasteiger partial charge < -0.3 is 19.8 Å². The molecule has 2 amide bonds. The predicted molar refractivity (Wildman–Crippen MR) is 141 cm³/mol. The van der Waals surface area contributed by atoms with E-state index >= 15 is 0 Å². The number of nitrogens with zero attached hydrogens (tertiary/aromatic N) is 2. The topological polar surface area (TPSA) is 108 Å². The Hall–Kier alpha value is -3.03. The summed E-state index contributed by atoms with van der Waals surface area (Å²) in [6.07, 6.45) is 6.35. The summed E-state index contributed by atoms with van der Waals surface area (Å²) in [5.41, 5.74) is 2.86. The summed E-state index contributed by atoms with van der Waals surface area (Å²) in [5, 5.41) is 19.1. The van der Waals surface area contributed by atoms with E-state index in [9.17, 15) is 14.7 Å². The van der Waals surface area contributed by atoms with Crippen molar-refractivity contribution < 1.29 is 19.2 Å². The Morgan fingerprint density at radius 2 is 1.83 bits per heavy atom. The van der Waals surface area contributed by atoms with Gasteiger partial charge >= 0.3 is 12.0 Å². The zero-order chi connectivity index (χ0) is 26.0. The maximum absolute atomic E-state index is 12.8. The average Bonchev–Trinajstić information content (AvgIpc) is 3.24. The number of aliphatic carboxylic acids is 1. The van der Waals surface area contributed by atoms with E-state index in [1.807, 2.05) is 32.9 Å². The van der Waals surface area contributed by atoms with Crippen molar-refractivity contribution in [3.63, 3.8) is 0 Å². The minimum Gasteiger partial charge on any atom is -0.481 e. The number of aryl methyl sites for hydroxylation is 1. The van der Waals surface area contributed by atoms with Crippen molar-refractivity contribution in [2.24, 2.45) is 5.92 Å². The number of benzene rings is 1. The van der Waals surface area contributed by atoms with Crippen LogP contribution >= 0.6 is 0 Å². The van der Waals surface area contributed by atoms with Gasteiger partial charge in [0.15, 0.2) is 0 Å². The molecular formula is C27H42N4O4. The van der Waals surface area contributed by atoms with Gasteiger partial charge in [0.2, 0.25) is 5.88 Å². The lowest BCUT2D eigenvalue weighted by Crippen LogP contribution is -2.40. The summed E-state index contributed by atoms with van der Waals surface area (Å²) in [4.78, 5) is 27.0. The Bertz CT molecular complexity index is 950. The van der Waals surface area contributed by atoms with Gasteiger partial charge in [-0.05, 0) is 49.8 Å². The summed E-state index contributed by atoms with van der Waals surface area (Å²) in [6, 6.07) is 7.23. The number of hydrogen-bond acceptors (Lipinski definition) is 5. The number of nitrogens with one attached hydrogen (secondary N) is 2. The van der Waals surface area contributed by atoms with Crippen LogP contribution < -0.4 is 15.5 Å². The largest absolute Gasteiger partial charge is 0.481 e. The minimum absolute atomic E-state index is 0.256. The van der Waals surface area contributed by atoms with Gasteiger partial charge in [-0.25, -0.2) is 4.79 Å². The fourth-order valence-corrected chi connectivity index (χ4v) is 4.59. The molecule has 0 saturated heterocycles. The van der Waals surface area contributed by atoms with Crippen LogP contribution in [0.5, 0.6) is 0 Å². The number of amides is 2. The highest BCUT2D eigenvalue weighted by Gasteiger charge is 2.26. The predicted octanol–water partition coefficient (Wildman–Crippen LogP) is 7.03. The Kier molecular flexibility index (Phi) is 11.1. The summed E-state index contributed by atoms with van der Waals surface area (Å²) in [5.74, 6) is -0.809. The number of carbonyl (C=O) groups is 2. The molecule has 1 aromatic heterocycles. The second-order valence-corrected chi connectivity index (χ2v) is 9.33. The molecule has 0 aliphatic heterocycles. The minimum atomic E-state index is -0.871. The van der Waals surface area contributed by atoms with Crippen LogP contribution in [-0.2, 0) is 4.79 Å². The standard InChI is InChI=1S/C25H36N4O4.C2H6/c1-5-20(24(30)31)18-11-12-22(29(15-16(2)3)19-9-7-6-8-10-19)21(14-18)26-25(32)27-23-13-17(4)28-33-23;1-2/h11-14,16,19-20H,5-10,15H2,1-4H3,(H,30,31)(H2,26,27,32);1-2H3. The molecule has 1 fully saturated rings. The molecule has 0 spiro atoms. The molecule has 8 nitrogen and oxygen atoms in total. The second kappa shape index (κ2) is 13.8. The molecule has 3 rings (SSSR count). The number of anilines is 3. The maximum atomic E-state index is 12.8. The monoisotopic (exact) mass is 486 g/mol. The van der Waals surface area contributed by atoms with Crippen molar-refractivity contribution >= 4 is 29.3 Å². The molecule has 1 heterocycles. The van der Waals surface area contributed by atoms with Crippen molar-refractivity contribution in [2.45, 2.75) is 92.0 Å². The molecular weight excluding hydrogens is 444 g/mol. The van der Waals surface area contributed by atoms with Gasteiger partial charge in [0, 0.05) is 18.7 Å². The third-order valence-electron chi connectivity index (χ3n) is 6.13. The second-order valence-electron chi connectivity index (χ2n) is 9.33. The van der Waals surface area contributed by atoms with E-state index < -0.39 is 17.9 Å². The quantitative estimate of drug-likeness (QED) is 0.351. The number of hydrogen-bond donors (Lipinski definition) is 3. The van der Waals surface area contributed by atoms with Crippen molar-refractivity contribution in [2.75, 3.05) is 22.1 Å². The third kappa shape index (κ3) is 8.01. The molecule has 3 N–H and O–H groups in total. The van der Waals surface area contributed by atoms with Crippen molar-refractivity contribution in [3.8, 4) is 0 Å².